The Morgan fingerprint density at radius 2 is 1.88 bits per heavy atom. The zero-order valence-corrected chi connectivity index (χ0v) is 13.9. The zero-order chi connectivity index (χ0) is 17.6. The van der Waals surface area contributed by atoms with Crippen LogP contribution in [0.1, 0.15) is 12.0 Å². The summed E-state index contributed by atoms with van der Waals surface area (Å²) >= 11 is 0. The highest BCUT2D eigenvalue weighted by atomic mass is 19.1. The first kappa shape index (κ1) is 17.4. The lowest BCUT2D eigenvalue weighted by atomic mass is 10.1. The van der Waals surface area contributed by atoms with Gasteiger partial charge in [0.15, 0.2) is 0 Å². The summed E-state index contributed by atoms with van der Waals surface area (Å²) < 4.78 is 12.9. The van der Waals surface area contributed by atoms with Gasteiger partial charge in [0, 0.05) is 31.4 Å². The molecule has 132 valence electrons. The van der Waals surface area contributed by atoms with Gasteiger partial charge in [-0.3, -0.25) is 4.90 Å². The number of carbonyl (C=O) groups excluding carboxylic acids is 1. The lowest BCUT2D eigenvalue weighted by Gasteiger charge is -2.24. The van der Waals surface area contributed by atoms with E-state index in [1.165, 1.54) is 29.8 Å². The molecular weight excluding hydrogens is 321 g/mol. The molecule has 25 heavy (non-hydrogen) atoms. The second kappa shape index (κ2) is 8.09. The topological polar surface area (TPSA) is 64.6 Å². The van der Waals surface area contributed by atoms with Crippen LogP contribution in [0.2, 0.25) is 0 Å². The van der Waals surface area contributed by atoms with Crippen molar-refractivity contribution in [1.29, 1.82) is 0 Å². The van der Waals surface area contributed by atoms with Gasteiger partial charge < -0.3 is 15.7 Å². The number of aliphatic hydroxyl groups is 1. The number of urea groups is 1. The van der Waals surface area contributed by atoms with Gasteiger partial charge in [-0.2, -0.15) is 0 Å². The van der Waals surface area contributed by atoms with Crippen LogP contribution in [0.3, 0.4) is 0 Å². The first-order valence-electron chi connectivity index (χ1n) is 8.36. The van der Waals surface area contributed by atoms with E-state index in [0.29, 0.717) is 25.2 Å². The van der Waals surface area contributed by atoms with Gasteiger partial charge >= 0.3 is 6.03 Å². The molecule has 2 atom stereocenters. The van der Waals surface area contributed by atoms with Gasteiger partial charge in [0.05, 0.1) is 6.10 Å². The van der Waals surface area contributed by atoms with Crippen LogP contribution in [-0.4, -0.2) is 41.3 Å². The lowest BCUT2D eigenvalue weighted by Crippen LogP contribution is -2.41. The van der Waals surface area contributed by atoms with Gasteiger partial charge in [0.1, 0.15) is 5.82 Å². The molecule has 3 rings (SSSR count). The van der Waals surface area contributed by atoms with E-state index in [9.17, 15) is 14.3 Å². The SMILES string of the molecule is O=C(NCC1CC(O)CN1Cc1ccccc1)Nc1ccc(F)cc1. The van der Waals surface area contributed by atoms with E-state index in [1.54, 1.807) is 0 Å². The number of hydrogen-bond donors (Lipinski definition) is 3. The molecule has 0 radical (unpaired) electrons. The summed E-state index contributed by atoms with van der Waals surface area (Å²) in [7, 11) is 0. The van der Waals surface area contributed by atoms with Crippen molar-refractivity contribution < 1.29 is 14.3 Å². The van der Waals surface area contributed by atoms with Gasteiger partial charge in [-0.25, -0.2) is 9.18 Å². The maximum atomic E-state index is 12.9. The van der Waals surface area contributed by atoms with Crippen molar-refractivity contribution in [3.63, 3.8) is 0 Å². The van der Waals surface area contributed by atoms with Crippen molar-refractivity contribution in [3.05, 3.63) is 66.0 Å². The normalized spacial score (nSPS) is 20.4. The predicted octanol–water partition coefficient (Wildman–Crippen LogP) is 2.58. The molecule has 1 aliphatic rings. The third-order valence-corrected chi connectivity index (χ3v) is 4.33. The van der Waals surface area contributed by atoms with Gasteiger partial charge in [-0.05, 0) is 36.2 Å². The van der Waals surface area contributed by atoms with Crippen molar-refractivity contribution in [2.45, 2.75) is 25.1 Å². The number of anilines is 1. The van der Waals surface area contributed by atoms with E-state index in [4.69, 9.17) is 0 Å². The molecule has 2 aromatic rings. The number of likely N-dealkylation sites (tertiary alicyclic amines) is 1. The third-order valence-electron chi connectivity index (χ3n) is 4.33. The number of benzene rings is 2. The maximum absolute atomic E-state index is 12.9. The van der Waals surface area contributed by atoms with Crippen molar-refractivity contribution in [2.75, 3.05) is 18.4 Å². The van der Waals surface area contributed by atoms with Crippen LogP contribution in [0.5, 0.6) is 0 Å². The molecule has 3 N–H and O–H groups in total. The number of aliphatic hydroxyl groups excluding tert-OH is 1. The van der Waals surface area contributed by atoms with Crippen LogP contribution in [0.25, 0.3) is 0 Å². The largest absolute Gasteiger partial charge is 0.392 e. The standard InChI is InChI=1S/C19H22FN3O2/c20-15-6-8-16(9-7-15)22-19(25)21-11-17-10-18(24)13-23(17)12-14-4-2-1-3-5-14/h1-9,17-18,24H,10-13H2,(H2,21,22,25). The van der Waals surface area contributed by atoms with Crippen LogP contribution in [0, 0.1) is 5.82 Å². The van der Waals surface area contributed by atoms with Crippen LogP contribution in [0.4, 0.5) is 14.9 Å². The highest BCUT2D eigenvalue weighted by Crippen LogP contribution is 2.20. The predicted molar refractivity (Wildman–Crippen MR) is 94.7 cm³/mol. The molecule has 0 spiro atoms. The molecule has 5 nitrogen and oxygen atoms in total. The van der Waals surface area contributed by atoms with Crippen LogP contribution in [-0.2, 0) is 6.54 Å². The number of β-amino-alcohol motifs (C(OH)–C–C–N with tert-alkyl or cyclic N) is 1. The van der Waals surface area contributed by atoms with E-state index in [0.717, 1.165) is 6.54 Å². The summed E-state index contributed by atoms with van der Waals surface area (Å²) in [5, 5.41) is 15.5. The molecule has 0 aromatic heterocycles. The molecule has 2 amide bonds. The maximum Gasteiger partial charge on any atom is 0.319 e. The zero-order valence-electron chi connectivity index (χ0n) is 13.9. The van der Waals surface area contributed by atoms with Gasteiger partial charge in [-0.15, -0.1) is 0 Å². The Balaban J connectivity index is 1.51. The molecule has 1 heterocycles. The van der Waals surface area contributed by atoms with Gasteiger partial charge in [0.25, 0.3) is 0 Å². The minimum atomic E-state index is -0.379. The summed E-state index contributed by atoms with van der Waals surface area (Å²) in [6.45, 7) is 1.78. The Labute approximate surface area is 146 Å². The van der Waals surface area contributed by atoms with Crippen molar-refractivity contribution in [1.82, 2.24) is 10.2 Å². The average Bonchev–Trinajstić information content (AvgIpc) is 2.95. The Kier molecular flexibility index (Phi) is 5.63. The number of carbonyl (C=O) groups is 1. The van der Waals surface area contributed by atoms with E-state index >= 15 is 0 Å². The minimum absolute atomic E-state index is 0.0779. The summed E-state index contributed by atoms with van der Waals surface area (Å²) in [6, 6.07) is 15.4. The molecular formula is C19H22FN3O2. The van der Waals surface area contributed by atoms with Crippen LogP contribution >= 0.6 is 0 Å². The Morgan fingerprint density at radius 3 is 2.60 bits per heavy atom. The first-order chi connectivity index (χ1) is 12.1. The number of nitrogens with one attached hydrogen (secondary N) is 2. The molecule has 2 unspecified atom stereocenters. The number of nitrogens with zero attached hydrogens (tertiary/aromatic N) is 1. The fourth-order valence-corrected chi connectivity index (χ4v) is 3.10. The van der Waals surface area contributed by atoms with Gasteiger partial charge in [-0.1, -0.05) is 30.3 Å². The third kappa shape index (κ3) is 5.01. The highest BCUT2D eigenvalue weighted by molar-refractivity contribution is 5.89. The first-order valence-corrected chi connectivity index (χ1v) is 8.36. The number of rotatable bonds is 5. The molecule has 0 saturated carbocycles. The Bertz CT molecular complexity index is 694. The molecule has 2 aromatic carbocycles. The monoisotopic (exact) mass is 343 g/mol. The second-order valence-corrected chi connectivity index (χ2v) is 6.30. The average molecular weight is 343 g/mol. The van der Waals surface area contributed by atoms with E-state index < -0.39 is 0 Å². The number of hydrogen-bond acceptors (Lipinski definition) is 3. The van der Waals surface area contributed by atoms with Crippen LogP contribution < -0.4 is 10.6 Å². The summed E-state index contributed by atoms with van der Waals surface area (Å²) in [6.07, 6.45) is 0.250. The van der Waals surface area contributed by atoms with Crippen LogP contribution in [0.15, 0.2) is 54.6 Å². The second-order valence-electron chi connectivity index (χ2n) is 6.30. The molecule has 0 bridgehead atoms. The minimum Gasteiger partial charge on any atom is -0.392 e. The van der Waals surface area contributed by atoms with E-state index in [-0.39, 0.29) is 24.0 Å². The molecule has 1 saturated heterocycles. The fraction of sp³-hybridized carbons (Fsp3) is 0.316. The van der Waals surface area contributed by atoms with Crippen molar-refractivity contribution in [3.8, 4) is 0 Å². The van der Waals surface area contributed by atoms with Gasteiger partial charge in [0.2, 0.25) is 0 Å². The molecule has 1 aliphatic heterocycles. The molecule has 6 heteroatoms. The summed E-state index contributed by atoms with van der Waals surface area (Å²) in [5.74, 6) is -0.345. The summed E-state index contributed by atoms with van der Waals surface area (Å²) in [4.78, 5) is 14.2. The van der Waals surface area contributed by atoms with E-state index in [1.807, 2.05) is 18.2 Å². The number of amides is 2. The Morgan fingerprint density at radius 1 is 1.16 bits per heavy atom. The molecule has 0 aliphatic carbocycles. The van der Waals surface area contributed by atoms with E-state index in [2.05, 4.69) is 27.7 Å². The van der Waals surface area contributed by atoms with Crippen molar-refractivity contribution in [2.24, 2.45) is 0 Å². The number of halogens is 1. The van der Waals surface area contributed by atoms with Crippen molar-refractivity contribution >= 4 is 11.7 Å². The smallest absolute Gasteiger partial charge is 0.319 e. The quantitative estimate of drug-likeness (QED) is 0.782. The Hall–Kier alpha value is -2.44. The fourth-order valence-electron chi connectivity index (χ4n) is 3.10. The molecule has 1 fully saturated rings. The summed E-state index contributed by atoms with van der Waals surface area (Å²) in [5.41, 5.74) is 1.71. The lowest BCUT2D eigenvalue weighted by molar-refractivity contribution is 0.172. The highest BCUT2D eigenvalue weighted by Gasteiger charge is 2.30.